The van der Waals surface area contributed by atoms with Crippen LogP contribution in [-0.4, -0.2) is 25.8 Å². The lowest BCUT2D eigenvalue weighted by atomic mass is 10.0. The van der Waals surface area contributed by atoms with E-state index >= 15 is 0 Å². The predicted octanol–water partition coefficient (Wildman–Crippen LogP) is 0.584. The quantitative estimate of drug-likeness (QED) is 0.568. The first-order valence-electron chi connectivity index (χ1n) is 3.40. The minimum atomic E-state index is -0.294. The van der Waals surface area contributed by atoms with Crippen LogP contribution >= 0.6 is 0 Å². The van der Waals surface area contributed by atoms with Gasteiger partial charge in [0.15, 0.2) is 6.29 Å². The monoisotopic (exact) mass is 144 g/mol. The van der Waals surface area contributed by atoms with Crippen LogP contribution in [0.5, 0.6) is 0 Å². The highest BCUT2D eigenvalue weighted by Crippen LogP contribution is 2.21. The molecule has 1 heterocycles. The molecular weight excluding hydrogens is 132 g/mol. The van der Waals surface area contributed by atoms with Crippen LogP contribution in [-0.2, 0) is 14.3 Å². The van der Waals surface area contributed by atoms with E-state index in [-0.39, 0.29) is 18.0 Å². The number of ketones is 1. The molecule has 0 spiro atoms. The fraction of sp³-hybridized carbons (Fsp3) is 0.857. The second kappa shape index (κ2) is 3.12. The summed E-state index contributed by atoms with van der Waals surface area (Å²) in [6.45, 7) is 2.22. The molecule has 3 heteroatoms. The first-order valence-corrected chi connectivity index (χ1v) is 3.40. The van der Waals surface area contributed by atoms with Crippen molar-refractivity contribution in [1.29, 1.82) is 0 Å². The average molecular weight is 144 g/mol. The summed E-state index contributed by atoms with van der Waals surface area (Å²) in [6.07, 6.45) is 0.505. The van der Waals surface area contributed by atoms with E-state index < -0.39 is 0 Å². The molecule has 1 aliphatic heterocycles. The van der Waals surface area contributed by atoms with E-state index in [0.717, 1.165) is 6.42 Å². The molecule has 0 radical (unpaired) electrons. The number of rotatable bonds is 2. The van der Waals surface area contributed by atoms with E-state index in [1.54, 1.807) is 14.0 Å². The fourth-order valence-corrected chi connectivity index (χ4v) is 1.19. The Morgan fingerprint density at radius 3 is 2.80 bits per heavy atom. The van der Waals surface area contributed by atoms with Gasteiger partial charge in [0.1, 0.15) is 5.78 Å². The van der Waals surface area contributed by atoms with Crippen LogP contribution in [0, 0.1) is 5.92 Å². The maximum absolute atomic E-state index is 10.9. The lowest BCUT2D eigenvalue weighted by Crippen LogP contribution is -2.23. The zero-order chi connectivity index (χ0) is 7.56. The van der Waals surface area contributed by atoms with Crippen molar-refractivity contribution in [2.45, 2.75) is 19.6 Å². The molecule has 0 bridgehead atoms. The second-order valence-corrected chi connectivity index (χ2v) is 2.48. The Morgan fingerprint density at radius 1 is 1.70 bits per heavy atom. The van der Waals surface area contributed by atoms with Crippen LogP contribution in [0.15, 0.2) is 0 Å². The number of hydrogen-bond donors (Lipinski definition) is 0. The van der Waals surface area contributed by atoms with Gasteiger partial charge in [-0.25, -0.2) is 0 Å². The van der Waals surface area contributed by atoms with Gasteiger partial charge < -0.3 is 9.47 Å². The van der Waals surface area contributed by atoms with E-state index in [9.17, 15) is 4.79 Å². The van der Waals surface area contributed by atoms with Gasteiger partial charge in [0.25, 0.3) is 0 Å². The van der Waals surface area contributed by atoms with Crippen LogP contribution in [0.1, 0.15) is 13.3 Å². The molecular formula is C7H12O3. The van der Waals surface area contributed by atoms with Gasteiger partial charge in [-0.05, 0) is 13.3 Å². The molecule has 0 aliphatic carbocycles. The van der Waals surface area contributed by atoms with Gasteiger partial charge in [-0.2, -0.15) is 0 Å². The Bertz CT molecular complexity index is 133. The first kappa shape index (κ1) is 7.69. The standard InChI is InChI=1S/C7H12O3/c1-5(8)6-3-4-10-7(6)9-2/h6-7H,3-4H2,1-2H3/t6?,7-/m0/s1. The Labute approximate surface area is 60.3 Å². The van der Waals surface area contributed by atoms with Crippen molar-refractivity contribution in [2.75, 3.05) is 13.7 Å². The first-order chi connectivity index (χ1) is 4.75. The van der Waals surface area contributed by atoms with E-state index in [1.807, 2.05) is 0 Å². The van der Waals surface area contributed by atoms with Gasteiger partial charge in [0, 0.05) is 7.11 Å². The Kier molecular flexibility index (Phi) is 2.40. The molecule has 1 saturated heterocycles. The van der Waals surface area contributed by atoms with E-state index in [0.29, 0.717) is 6.61 Å². The molecule has 0 aromatic rings. The van der Waals surface area contributed by atoms with Crippen LogP contribution in [0.3, 0.4) is 0 Å². The van der Waals surface area contributed by atoms with Gasteiger partial charge in [0.05, 0.1) is 12.5 Å². The Morgan fingerprint density at radius 2 is 2.40 bits per heavy atom. The molecule has 0 aromatic carbocycles. The summed E-state index contributed by atoms with van der Waals surface area (Å²) in [4.78, 5) is 10.9. The topological polar surface area (TPSA) is 35.5 Å². The highest BCUT2D eigenvalue weighted by atomic mass is 16.7. The van der Waals surface area contributed by atoms with Gasteiger partial charge in [-0.1, -0.05) is 0 Å². The van der Waals surface area contributed by atoms with Crippen LogP contribution in [0.4, 0.5) is 0 Å². The average Bonchev–Trinajstić information content (AvgIpc) is 2.33. The number of methoxy groups -OCH3 is 1. The number of ether oxygens (including phenoxy) is 2. The molecule has 0 amide bonds. The molecule has 1 fully saturated rings. The van der Waals surface area contributed by atoms with Crippen molar-refractivity contribution in [3.8, 4) is 0 Å². The van der Waals surface area contributed by atoms with Gasteiger partial charge in [0.2, 0.25) is 0 Å². The van der Waals surface area contributed by atoms with Crippen molar-refractivity contribution in [1.82, 2.24) is 0 Å². The second-order valence-electron chi connectivity index (χ2n) is 2.48. The molecule has 1 unspecified atom stereocenters. The van der Waals surface area contributed by atoms with Crippen molar-refractivity contribution >= 4 is 5.78 Å². The molecule has 3 nitrogen and oxygen atoms in total. The SMILES string of the molecule is CO[C@H]1OCCC1C(C)=O. The van der Waals surface area contributed by atoms with Crippen molar-refractivity contribution < 1.29 is 14.3 Å². The number of Topliss-reactive ketones (excluding diaryl/α,β-unsaturated/α-hetero) is 1. The lowest BCUT2D eigenvalue weighted by molar-refractivity contribution is -0.139. The normalized spacial score (nSPS) is 32.6. The molecule has 58 valence electrons. The summed E-state index contributed by atoms with van der Waals surface area (Å²) in [6, 6.07) is 0. The van der Waals surface area contributed by atoms with Crippen LogP contribution in [0.2, 0.25) is 0 Å². The van der Waals surface area contributed by atoms with Crippen molar-refractivity contribution in [3.05, 3.63) is 0 Å². The van der Waals surface area contributed by atoms with Crippen LogP contribution < -0.4 is 0 Å². The lowest BCUT2D eigenvalue weighted by Gasteiger charge is -2.12. The minimum absolute atomic E-state index is 0.0370. The third kappa shape index (κ3) is 1.36. The van der Waals surface area contributed by atoms with Crippen molar-refractivity contribution in [2.24, 2.45) is 5.92 Å². The Hall–Kier alpha value is -0.410. The number of carbonyl (C=O) groups excluding carboxylic acids is 1. The molecule has 0 aromatic heterocycles. The third-order valence-electron chi connectivity index (χ3n) is 1.79. The number of carbonyl (C=O) groups is 1. The zero-order valence-electron chi connectivity index (χ0n) is 6.29. The summed E-state index contributed by atoms with van der Waals surface area (Å²) in [7, 11) is 1.56. The summed E-state index contributed by atoms with van der Waals surface area (Å²) in [5, 5.41) is 0. The maximum atomic E-state index is 10.9. The van der Waals surface area contributed by atoms with Gasteiger partial charge >= 0.3 is 0 Å². The number of hydrogen-bond acceptors (Lipinski definition) is 3. The molecule has 0 saturated carbocycles. The summed E-state index contributed by atoms with van der Waals surface area (Å²) in [5.74, 6) is 0.120. The highest BCUT2D eigenvalue weighted by Gasteiger charge is 2.31. The largest absolute Gasteiger partial charge is 0.355 e. The molecule has 0 N–H and O–H groups in total. The van der Waals surface area contributed by atoms with E-state index in [1.165, 1.54) is 0 Å². The van der Waals surface area contributed by atoms with Gasteiger partial charge in [-0.3, -0.25) is 4.79 Å². The zero-order valence-corrected chi connectivity index (χ0v) is 6.29. The molecule has 2 atom stereocenters. The third-order valence-corrected chi connectivity index (χ3v) is 1.79. The summed E-state index contributed by atoms with van der Waals surface area (Å²) in [5.41, 5.74) is 0. The molecule has 10 heavy (non-hydrogen) atoms. The van der Waals surface area contributed by atoms with Gasteiger partial charge in [-0.15, -0.1) is 0 Å². The smallest absolute Gasteiger partial charge is 0.166 e. The summed E-state index contributed by atoms with van der Waals surface area (Å²) >= 11 is 0. The Balaban J connectivity index is 2.50. The fourth-order valence-electron chi connectivity index (χ4n) is 1.19. The molecule has 1 rings (SSSR count). The highest BCUT2D eigenvalue weighted by molar-refractivity contribution is 5.78. The van der Waals surface area contributed by atoms with Crippen LogP contribution in [0.25, 0.3) is 0 Å². The minimum Gasteiger partial charge on any atom is -0.355 e. The molecule has 1 aliphatic rings. The van der Waals surface area contributed by atoms with E-state index in [2.05, 4.69) is 0 Å². The maximum Gasteiger partial charge on any atom is 0.166 e. The van der Waals surface area contributed by atoms with Crippen molar-refractivity contribution in [3.63, 3.8) is 0 Å². The van der Waals surface area contributed by atoms with E-state index in [4.69, 9.17) is 9.47 Å². The predicted molar refractivity (Wildman–Crippen MR) is 35.5 cm³/mol. The summed E-state index contributed by atoms with van der Waals surface area (Å²) < 4.78 is 10.1.